The lowest BCUT2D eigenvalue weighted by Gasteiger charge is -1.96. The largest absolute Gasteiger partial charge is 0.439 e. The molecule has 0 radical (unpaired) electrons. The second-order valence-electron chi connectivity index (χ2n) is 3.45. The van der Waals surface area contributed by atoms with Crippen molar-refractivity contribution >= 4 is 11.6 Å². The number of oxazole rings is 1. The Morgan fingerprint density at radius 3 is 2.67 bits per heavy atom. The molecule has 0 saturated carbocycles. The van der Waals surface area contributed by atoms with E-state index in [2.05, 4.69) is 10.1 Å². The molecule has 0 aliphatic heterocycles. The predicted octanol–water partition coefficient (Wildman–Crippen LogP) is 2.68. The van der Waals surface area contributed by atoms with Crippen LogP contribution >= 0.6 is 11.6 Å². The number of hydrogen-bond acceptors (Lipinski definition) is 3. The highest BCUT2D eigenvalue weighted by Crippen LogP contribution is 2.27. The van der Waals surface area contributed by atoms with Crippen molar-refractivity contribution in [2.45, 2.75) is 19.2 Å². The highest BCUT2D eigenvalue weighted by molar-refractivity contribution is 6.20. The Morgan fingerprint density at radius 2 is 2.20 bits per heavy atom. The Balaban J connectivity index is 2.41. The van der Waals surface area contributed by atoms with Crippen LogP contribution in [0.25, 0.3) is 11.3 Å². The molecule has 0 fully saturated rings. The molecule has 2 aromatic rings. The number of aromatic nitrogens is 3. The zero-order valence-corrected chi connectivity index (χ0v) is 9.62. The Morgan fingerprint density at radius 1 is 1.47 bits per heavy atom. The third kappa shape index (κ3) is 1.77. The number of alkyl halides is 1. The maximum absolute atomic E-state index is 5.87. The first-order valence-electron chi connectivity index (χ1n) is 4.68. The van der Waals surface area contributed by atoms with Gasteiger partial charge in [-0.2, -0.15) is 5.10 Å². The Labute approximate surface area is 92.9 Å². The monoisotopic (exact) mass is 225 g/mol. The van der Waals surface area contributed by atoms with Gasteiger partial charge in [0.1, 0.15) is 5.38 Å². The summed E-state index contributed by atoms with van der Waals surface area (Å²) >= 11 is 5.87. The van der Waals surface area contributed by atoms with Crippen molar-refractivity contribution in [3.8, 4) is 11.3 Å². The maximum atomic E-state index is 5.87. The van der Waals surface area contributed by atoms with Crippen LogP contribution in [0.5, 0.6) is 0 Å². The molecule has 2 aromatic heterocycles. The summed E-state index contributed by atoms with van der Waals surface area (Å²) in [5.74, 6) is 1.25. The van der Waals surface area contributed by atoms with Crippen LogP contribution in [0.2, 0.25) is 0 Å². The van der Waals surface area contributed by atoms with Gasteiger partial charge in [-0.25, -0.2) is 4.98 Å². The first-order chi connectivity index (χ1) is 7.09. The summed E-state index contributed by atoms with van der Waals surface area (Å²) in [5.41, 5.74) is 1.99. The van der Waals surface area contributed by atoms with Crippen LogP contribution in [0, 0.1) is 6.92 Å². The second kappa shape index (κ2) is 3.70. The molecule has 2 heterocycles. The first kappa shape index (κ1) is 10.2. The van der Waals surface area contributed by atoms with Crippen molar-refractivity contribution in [1.29, 1.82) is 0 Å². The third-order valence-electron chi connectivity index (χ3n) is 2.36. The summed E-state index contributed by atoms with van der Waals surface area (Å²) in [6.45, 7) is 3.81. The Kier molecular flexibility index (Phi) is 2.52. The van der Waals surface area contributed by atoms with Gasteiger partial charge in [-0.3, -0.25) is 4.68 Å². The summed E-state index contributed by atoms with van der Waals surface area (Å²) in [6, 6.07) is 0. The molecule has 80 valence electrons. The summed E-state index contributed by atoms with van der Waals surface area (Å²) in [5, 5.41) is 3.93. The molecule has 4 nitrogen and oxygen atoms in total. The van der Waals surface area contributed by atoms with E-state index in [-0.39, 0.29) is 5.38 Å². The number of hydrogen-bond donors (Lipinski definition) is 0. The molecule has 0 saturated heterocycles. The summed E-state index contributed by atoms with van der Waals surface area (Å²) in [7, 11) is 1.89. The van der Waals surface area contributed by atoms with Crippen molar-refractivity contribution in [2.75, 3.05) is 0 Å². The average molecular weight is 226 g/mol. The number of aryl methyl sites for hydroxylation is 1. The van der Waals surface area contributed by atoms with Crippen LogP contribution in [-0.4, -0.2) is 14.8 Å². The highest BCUT2D eigenvalue weighted by atomic mass is 35.5. The first-order valence-corrected chi connectivity index (χ1v) is 5.12. The van der Waals surface area contributed by atoms with Crippen molar-refractivity contribution < 1.29 is 4.42 Å². The standard InChI is InChI=1S/C10H12ClN3O/c1-6(11)10-12-5-9(15-10)8-4-13-14(3)7(8)2/h4-6H,1-3H3. The topological polar surface area (TPSA) is 43.9 Å². The fourth-order valence-corrected chi connectivity index (χ4v) is 1.44. The Bertz CT molecular complexity index is 473. The summed E-state index contributed by atoms with van der Waals surface area (Å²) < 4.78 is 7.32. The van der Waals surface area contributed by atoms with Crippen LogP contribution in [0.4, 0.5) is 0 Å². The van der Waals surface area contributed by atoms with Crippen LogP contribution < -0.4 is 0 Å². The van der Waals surface area contributed by atoms with E-state index < -0.39 is 0 Å². The van der Waals surface area contributed by atoms with Gasteiger partial charge in [0.25, 0.3) is 0 Å². The molecule has 0 spiro atoms. The van der Waals surface area contributed by atoms with Crippen molar-refractivity contribution in [3.05, 3.63) is 24.0 Å². The smallest absolute Gasteiger partial charge is 0.212 e. The van der Waals surface area contributed by atoms with E-state index in [1.807, 2.05) is 20.9 Å². The highest BCUT2D eigenvalue weighted by Gasteiger charge is 2.14. The molecule has 0 amide bonds. The van der Waals surface area contributed by atoms with Gasteiger partial charge in [0.2, 0.25) is 5.89 Å². The lowest BCUT2D eigenvalue weighted by molar-refractivity contribution is 0.507. The maximum Gasteiger partial charge on any atom is 0.212 e. The van der Waals surface area contributed by atoms with Gasteiger partial charge in [-0.15, -0.1) is 11.6 Å². The lowest BCUT2D eigenvalue weighted by Crippen LogP contribution is -1.92. The minimum absolute atomic E-state index is 0.212. The van der Waals surface area contributed by atoms with E-state index in [4.69, 9.17) is 16.0 Å². The fourth-order valence-electron chi connectivity index (χ4n) is 1.34. The zero-order chi connectivity index (χ0) is 11.0. The molecular weight excluding hydrogens is 214 g/mol. The number of nitrogens with zero attached hydrogens (tertiary/aromatic N) is 3. The second-order valence-corrected chi connectivity index (χ2v) is 4.10. The minimum atomic E-state index is -0.212. The minimum Gasteiger partial charge on any atom is -0.439 e. The van der Waals surface area contributed by atoms with Crippen molar-refractivity contribution in [1.82, 2.24) is 14.8 Å². The molecule has 1 atom stereocenters. The lowest BCUT2D eigenvalue weighted by atomic mass is 10.2. The summed E-state index contributed by atoms with van der Waals surface area (Å²) in [6.07, 6.45) is 3.44. The van der Waals surface area contributed by atoms with Gasteiger partial charge in [0, 0.05) is 12.7 Å². The Hall–Kier alpha value is -1.29. The molecule has 0 aromatic carbocycles. The van der Waals surface area contributed by atoms with Crippen LogP contribution in [0.3, 0.4) is 0 Å². The van der Waals surface area contributed by atoms with Crippen LogP contribution in [0.1, 0.15) is 23.9 Å². The normalized spacial score (nSPS) is 13.1. The number of rotatable bonds is 2. The average Bonchev–Trinajstić information content (AvgIpc) is 2.76. The predicted molar refractivity (Wildman–Crippen MR) is 57.7 cm³/mol. The van der Waals surface area contributed by atoms with E-state index in [1.165, 1.54) is 0 Å². The zero-order valence-electron chi connectivity index (χ0n) is 8.86. The van der Waals surface area contributed by atoms with E-state index >= 15 is 0 Å². The van der Waals surface area contributed by atoms with Gasteiger partial charge in [0.05, 0.1) is 18.0 Å². The quantitative estimate of drug-likeness (QED) is 0.738. The molecule has 1 unspecified atom stereocenters. The van der Waals surface area contributed by atoms with Gasteiger partial charge >= 0.3 is 0 Å². The molecule has 5 heteroatoms. The van der Waals surface area contributed by atoms with E-state index in [0.717, 1.165) is 11.3 Å². The molecule has 0 N–H and O–H groups in total. The van der Waals surface area contributed by atoms with E-state index in [0.29, 0.717) is 11.7 Å². The van der Waals surface area contributed by atoms with Crippen LogP contribution in [0.15, 0.2) is 16.8 Å². The molecule has 2 rings (SSSR count). The molecule has 15 heavy (non-hydrogen) atoms. The molecule has 0 aliphatic rings. The molecular formula is C10H12ClN3O. The van der Waals surface area contributed by atoms with Crippen LogP contribution in [-0.2, 0) is 7.05 Å². The van der Waals surface area contributed by atoms with Gasteiger partial charge in [-0.1, -0.05) is 0 Å². The van der Waals surface area contributed by atoms with Crippen molar-refractivity contribution in [2.24, 2.45) is 7.05 Å². The van der Waals surface area contributed by atoms with E-state index in [9.17, 15) is 0 Å². The van der Waals surface area contributed by atoms with Gasteiger partial charge < -0.3 is 4.42 Å². The van der Waals surface area contributed by atoms with Gasteiger partial charge in [0.15, 0.2) is 5.76 Å². The number of halogens is 1. The van der Waals surface area contributed by atoms with Gasteiger partial charge in [-0.05, 0) is 13.8 Å². The molecule has 0 aliphatic carbocycles. The fraction of sp³-hybridized carbons (Fsp3) is 0.400. The SMILES string of the molecule is Cc1c(-c2cnc(C(C)Cl)o2)cnn1C. The van der Waals surface area contributed by atoms with Crippen molar-refractivity contribution in [3.63, 3.8) is 0 Å². The third-order valence-corrected chi connectivity index (χ3v) is 2.55. The summed E-state index contributed by atoms with van der Waals surface area (Å²) in [4.78, 5) is 4.11. The molecule has 0 bridgehead atoms. The van der Waals surface area contributed by atoms with E-state index in [1.54, 1.807) is 17.1 Å².